The smallest absolute Gasteiger partial charge is 0.329 e. The lowest BCUT2D eigenvalue weighted by Crippen LogP contribution is -2.36. The highest BCUT2D eigenvalue weighted by Gasteiger charge is 2.15. The zero-order chi connectivity index (χ0) is 16.5. The Balaban J connectivity index is 2.13. The molecule has 0 bridgehead atoms. The van der Waals surface area contributed by atoms with Crippen LogP contribution in [0.25, 0.3) is 0 Å². The summed E-state index contributed by atoms with van der Waals surface area (Å²) in [6.07, 6.45) is 2.55. The molecule has 0 spiro atoms. The molecule has 0 unspecified atom stereocenters. The van der Waals surface area contributed by atoms with Gasteiger partial charge in [-0.05, 0) is 25.1 Å². The van der Waals surface area contributed by atoms with E-state index in [2.05, 4.69) is 14.9 Å². The molecule has 0 aliphatic carbocycles. The van der Waals surface area contributed by atoms with Crippen LogP contribution in [0.15, 0.2) is 18.2 Å². The Morgan fingerprint density at radius 1 is 1.43 bits per heavy atom. The van der Waals surface area contributed by atoms with Gasteiger partial charge in [0.25, 0.3) is 0 Å². The number of urea groups is 1. The molecule has 128 valence electrons. The Morgan fingerprint density at radius 3 is 2.91 bits per heavy atom. The monoisotopic (exact) mass is 340 g/mol. The minimum atomic E-state index is -0.278. The third-order valence-corrected chi connectivity index (χ3v) is 3.78. The van der Waals surface area contributed by atoms with Crippen molar-refractivity contribution in [3.8, 4) is 5.75 Å². The molecule has 0 radical (unpaired) electrons. The van der Waals surface area contributed by atoms with Gasteiger partial charge in [-0.1, -0.05) is 11.9 Å². The fraction of sp³-hybridized carbons (Fsp3) is 0.533. The summed E-state index contributed by atoms with van der Waals surface area (Å²) < 4.78 is 13.8. The average Bonchev–Trinajstić information content (AvgIpc) is 2.57. The van der Waals surface area contributed by atoms with Crippen LogP contribution in [0.3, 0.4) is 0 Å². The molecule has 1 aliphatic rings. The van der Waals surface area contributed by atoms with Crippen LogP contribution in [0.2, 0.25) is 0 Å². The fourth-order valence-electron chi connectivity index (χ4n) is 2.26. The number of nitrogens with one attached hydrogen (secondary N) is 2. The fourth-order valence-corrected chi connectivity index (χ4v) is 2.49. The second kappa shape index (κ2) is 9.49. The van der Waals surface area contributed by atoms with E-state index in [-0.39, 0.29) is 6.03 Å². The molecule has 4 N–H and O–H groups in total. The molecule has 0 atom stereocenters. The molecule has 1 aromatic carbocycles. The number of benzene rings is 1. The second-order valence-electron chi connectivity index (χ2n) is 5.03. The van der Waals surface area contributed by atoms with Gasteiger partial charge in [0.1, 0.15) is 5.75 Å². The normalized spacial score (nSPS) is 14.4. The molecular weight excluding hydrogens is 316 g/mol. The summed E-state index contributed by atoms with van der Waals surface area (Å²) >= 11 is 1.24. The first-order valence-corrected chi connectivity index (χ1v) is 8.86. The molecule has 1 saturated heterocycles. The van der Waals surface area contributed by atoms with Crippen molar-refractivity contribution in [1.82, 2.24) is 4.72 Å². The molecule has 2 amide bonds. The predicted octanol–water partition coefficient (Wildman–Crippen LogP) is 1.65. The number of hydrogen-bond donors (Lipinski definition) is 3. The van der Waals surface area contributed by atoms with Gasteiger partial charge < -0.3 is 25.4 Å². The lowest BCUT2D eigenvalue weighted by Gasteiger charge is -2.29. The largest absolute Gasteiger partial charge is 0.491 e. The zero-order valence-corrected chi connectivity index (χ0v) is 14.2. The van der Waals surface area contributed by atoms with Crippen LogP contribution in [0.1, 0.15) is 6.42 Å². The molecule has 8 heteroatoms. The SMILES string of the molecule is CSNC(=O)Nc1ccc(N2CCOCC2)cc1OCCCN. The number of anilines is 2. The molecule has 0 aromatic heterocycles. The molecule has 7 nitrogen and oxygen atoms in total. The molecule has 1 aromatic rings. The second-order valence-corrected chi connectivity index (χ2v) is 5.64. The van der Waals surface area contributed by atoms with Crippen LogP contribution >= 0.6 is 11.9 Å². The van der Waals surface area contributed by atoms with Gasteiger partial charge in [0.05, 0.1) is 25.5 Å². The van der Waals surface area contributed by atoms with Gasteiger partial charge in [-0.15, -0.1) is 0 Å². The zero-order valence-electron chi connectivity index (χ0n) is 13.3. The Morgan fingerprint density at radius 2 is 2.22 bits per heavy atom. The van der Waals surface area contributed by atoms with Gasteiger partial charge in [-0.3, -0.25) is 4.72 Å². The molecule has 2 rings (SSSR count). The van der Waals surface area contributed by atoms with Crippen LogP contribution < -0.4 is 25.4 Å². The standard InChI is InChI=1S/C15H24N4O3S/c1-23-18-15(20)17-13-4-3-12(19-6-9-21-10-7-19)11-14(13)22-8-2-5-16/h3-4,11H,2,5-10,16H2,1H3,(H2,17,18,20). The number of rotatable bonds is 7. The van der Waals surface area contributed by atoms with E-state index in [1.165, 1.54) is 11.9 Å². The highest BCUT2D eigenvalue weighted by atomic mass is 32.2. The Bertz CT molecular complexity index is 509. The van der Waals surface area contributed by atoms with Crippen LogP contribution in [-0.4, -0.2) is 51.7 Å². The van der Waals surface area contributed by atoms with Crippen LogP contribution in [0, 0.1) is 0 Å². The number of hydrogen-bond acceptors (Lipinski definition) is 6. The minimum Gasteiger partial charge on any atom is -0.491 e. The predicted molar refractivity (Wildman–Crippen MR) is 94.3 cm³/mol. The van der Waals surface area contributed by atoms with Crippen molar-refractivity contribution in [2.75, 3.05) is 55.9 Å². The Hall–Kier alpha value is -1.64. The maximum absolute atomic E-state index is 11.7. The molecule has 0 saturated carbocycles. The van der Waals surface area contributed by atoms with E-state index in [0.29, 0.717) is 24.6 Å². The summed E-state index contributed by atoms with van der Waals surface area (Å²) in [5.74, 6) is 0.652. The first-order chi connectivity index (χ1) is 11.2. The van der Waals surface area contributed by atoms with E-state index in [1.807, 2.05) is 18.2 Å². The molecule has 23 heavy (non-hydrogen) atoms. The summed E-state index contributed by atoms with van der Waals surface area (Å²) in [5, 5.41) is 2.80. The Labute approximate surface area is 141 Å². The summed E-state index contributed by atoms with van der Waals surface area (Å²) in [6.45, 7) is 4.23. The summed E-state index contributed by atoms with van der Waals surface area (Å²) in [7, 11) is 0. The number of morpholine rings is 1. The Kier molecular flexibility index (Phi) is 7.31. The number of ether oxygens (including phenoxy) is 2. The molecule has 1 heterocycles. The molecule has 1 aliphatic heterocycles. The summed E-state index contributed by atoms with van der Waals surface area (Å²) in [6, 6.07) is 5.52. The number of nitrogens with zero attached hydrogens (tertiary/aromatic N) is 1. The van der Waals surface area contributed by atoms with E-state index < -0.39 is 0 Å². The third-order valence-electron chi connectivity index (χ3n) is 3.39. The van der Waals surface area contributed by atoms with E-state index >= 15 is 0 Å². The minimum absolute atomic E-state index is 0.278. The maximum atomic E-state index is 11.7. The first-order valence-electron chi connectivity index (χ1n) is 7.64. The highest BCUT2D eigenvalue weighted by Crippen LogP contribution is 2.30. The van der Waals surface area contributed by atoms with E-state index in [1.54, 1.807) is 6.26 Å². The summed E-state index contributed by atoms with van der Waals surface area (Å²) in [5.41, 5.74) is 7.22. The average molecular weight is 340 g/mol. The lowest BCUT2D eigenvalue weighted by atomic mass is 10.2. The third kappa shape index (κ3) is 5.49. The number of carbonyl (C=O) groups excluding carboxylic acids is 1. The van der Waals surface area contributed by atoms with Gasteiger partial charge in [0, 0.05) is 31.1 Å². The van der Waals surface area contributed by atoms with Crippen molar-refractivity contribution >= 4 is 29.4 Å². The van der Waals surface area contributed by atoms with Crippen molar-refractivity contribution in [2.24, 2.45) is 5.73 Å². The quantitative estimate of drug-likeness (QED) is 0.517. The van der Waals surface area contributed by atoms with Crippen molar-refractivity contribution in [3.63, 3.8) is 0 Å². The van der Waals surface area contributed by atoms with Crippen molar-refractivity contribution in [1.29, 1.82) is 0 Å². The van der Waals surface area contributed by atoms with Gasteiger partial charge in [0.15, 0.2) is 0 Å². The van der Waals surface area contributed by atoms with Crippen LogP contribution in [0.5, 0.6) is 5.75 Å². The van der Waals surface area contributed by atoms with Crippen molar-refractivity contribution in [2.45, 2.75) is 6.42 Å². The lowest BCUT2D eigenvalue weighted by molar-refractivity contribution is 0.122. The van der Waals surface area contributed by atoms with E-state index in [0.717, 1.165) is 38.4 Å². The van der Waals surface area contributed by atoms with E-state index in [4.69, 9.17) is 15.2 Å². The number of nitrogens with two attached hydrogens (primary N) is 1. The van der Waals surface area contributed by atoms with Crippen LogP contribution in [-0.2, 0) is 4.74 Å². The van der Waals surface area contributed by atoms with Crippen molar-refractivity contribution < 1.29 is 14.3 Å². The topological polar surface area (TPSA) is 88.9 Å². The summed E-state index contributed by atoms with van der Waals surface area (Å²) in [4.78, 5) is 14.0. The van der Waals surface area contributed by atoms with Gasteiger partial charge in [-0.2, -0.15) is 0 Å². The van der Waals surface area contributed by atoms with E-state index in [9.17, 15) is 4.79 Å². The highest BCUT2D eigenvalue weighted by molar-refractivity contribution is 7.97. The molecular formula is C15H24N4O3S. The number of carbonyl (C=O) groups is 1. The van der Waals surface area contributed by atoms with Gasteiger partial charge in [0.2, 0.25) is 0 Å². The molecule has 1 fully saturated rings. The van der Waals surface area contributed by atoms with Crippen molar-refractivity contribution in [3.05, 3.63) is 18.2 Å². The van der Waals surface area contributed by atoms with Crippen LogP contribution in [0.4, 0.5) is 16.2 Å². The maximum Gasteiger partial charge on any atom is 0.329 e. The number of amides is 2. The first kappa shape index (κ1) is 17.7. The van der Waals surface area contributed by atoms with Gasteiger partial charge in [-0.25, -0.2) is 4.79 Å². The van der Waals surface area contributed by atoms with Gasteiger partial charge >= 0.3 is 6.03 Å².